The minimum absolute atomic E-state index is 0.0729. The molecular weight excluding hydrogens is 264 g/mol. The van der Waals surface area contributed by atoms with Gasteiger partial charge in [-0.1, -0.05) is 0 Å². The Bertz CT molecular complexity index is 412. The third-order valence-corrected chi connectivity index (χ3v) is 4.22. The summed E-state index contributed by atoms with van der Waals surface area (Å²) in [6.07, 6.45) is 2.09. The lowest BCUT2D eigenvalue weighted by molar-refractivity contribution is -0.144. The number of nitrogens with one attached hydrogen (secondary N) is 2. The molecule has 4 unspecified atom stereocenters. The molecule has 7 nitrogen and oxygen atoms in total. The maximum atomic E-state index is 11.5. The smallest absolute Gasteiger partial charge is 0.413 e. The van der Waals surface area contributed by atoms with Crippen LogP contribution in [0.4, 0.5) is 4.79 Å². The third-order valence-electron chi connectivity index (χ3n) is 4.22. The Morgan fingerprint density at radius 3 is 2.60 bits per heavy atom. The number of amides is 2. The Labute approximate surface area is 117 Å². The maximum Gasteiger partial charge on any atom is 0.413 e. The Kier molecular flexibility index (Phi) is 4.59. The van der Waals surface area contributed by atoms with E-state index in [1.807, 2.05) is 0 Å². The van der Waals surface area contributed by atoms with E-state index in [9.17, 15) is 19.5 Å². The van der Waals surface area contributed by atoms with Crippen LogP contribution in [0.5, 0.6) is 0 Å². The number of aliphatic carboxylic acids is 1. The third kappa shape index (κ3) is 3.09. The first-order valence-corrected chi connectivity index (χ1v) is 6.95. The van der Waals surface area contributed by atoms with E-state index in [0.29, 0.717) is 5.92 Å². The lowest BCUT2D eigenvalue weighted by atomic mass is 9.84. The Hall–Kier alpha value is -1.63. The summed E-state index contributed by atoms with van der Waals surface area (Å²) in [5, 5.41) is 14.3. The standard InChI is InChI=1S/C13H20N2O5/c1-2-20-13(19)15-9(16)6-14-11-8-4-3-7(5-8)10(11)12(17)18/h7-8,10-11,14H,2-6H2,1H3,(H,17,18)(H,15,16,19). The molecule has 2 amide bonds. The molecule has 0 aromatic carbocycles. The highest BCUT2D eigenvalue weighted by Crippen LogP contribution is 2.48. The van der Waals surface area contributed by atoms with E-state index in [0.717, 1.165) is 19.3 Å². The largest absolute Gasteiger partial charge is 0.481 e. The first-order chi connectivity index (χ1) is 9.52. The van der Waals surface area contributed by atoms with Gasteiger partial charge in [-0.2, -0.15) is 0 Å². The zero-order valence-electron chi connectivity index (χ0n) is 11.4. The number of hydrogen-bond acceptors (Lipinski definition) is 5. The van der Waals surface area contributed by atoms with Crippen molar-refractivity contribution in [2.24, 2.45) is 17.8 Å². The summed E-state index contributed by atoms with van der Waals surface area (Å²) in [6.45, 7) is 1.77. The number of carboxylic acids is 1. The molecule has 2 bridgehead atoms. The average molecular weight is 284 g/mol. The van der Waals surface area contributed by atoms with Crippen molar-refractivity contribution in [2.45, 2.75) is 32.2 Å². The molecule has 4 atom stereocenters. The molecule has 2 saturated carbocycles. The summed E-state index contributed by atoms with van der Waals surface area (Å²) in [5.41, 5.74) is 0. The topological polar surface area (TPSA) is 105 Å². The molecule has 2 rings (SSSR count). The predicted molar refractivity (Wildman–Crippen MR) is 68.9 cm³/mol. The second-order valence-electron chi connectivity index (χ2n) is 5.37. The highest BCUT2D eigenvalue weighted by atomic mass is 16.5. The van der Waals surface area contributed by atoms with Crippen LogP contribution in [0, 0.1) is 17.8 Å². The zero-order valence-corrected chi connectivity index (χ0v) is 11.4. The lowest BCUT2D eigenvalue weighted by Gasteiger charge is -2.28. The van der Waals surface area contributed by atoms with Gasteiger partial charge in [-0.15, -0.1) is 0 Å². The second kappa shape index (κ2) is 6.21. The maximum absolute atomic E-state index is 11.5. The van der Waals surface area contributed by atoms with E-state index in [1.54, 1.807) is 6.92 Å². The fourth-order valence-corrected chi connectivity index (χ4v) is 3.48. The summed E-state index contributed by atoms with van der Waals surface area (Å²) in [6, 6.07) is -0.181. The molecule has 0 aromatic heterocycles. The van der Waals surface area contributed by atoms with Crippen LogP contribution < -0.4 is 10.6 Å². The van der Waals surface area contributed by atoms with Crippen molar-refractivity contribution in [1.29, 1.82) is 0 Å². The molecule has 0 aromatic rings. The van der Waals surface area contributed by atoms with Gasteiger partial charge in [0.15, 0.2) is 0 Å². The van der Waals surface area contributed by atoms with Gasteiger partial charge in [-0.3, -0.25) is 14.9 Å². The van der Waals surface area contributed by atoms with Crippen LogP contribution in [0.1, 0.15) is 26.2 Å². The molecule has 0 heterocycles. The van der Waals surface area contributed by atoms with Crippen LogP contribution in [0.2, 0.25) is 0 Å². The van der Waals surface area contributed by atoms with Crippen molar-refractivity contribution in [3.63, 3.8) is 0 Å². The van der Waals surface area contributed by atoms with Crippen molar-refractivity contribution in [3.8, 4) is 0 Å². The van der Waals surface area contributed by atoms with Crippen molar-refractivity contribution in [3.05, 3.63) is 0 Å². The molecule has 3 N–H and O–H groups in total. The first-order valence-electron chi connectivity index (χ1n) is 6.95. The van der Waals surface area contributed by atoms with Gasteiger partial charge in [0.25, 0.3) is 0 Å². The Morgan fingerprint density at radius 1 is 1.25 bits per heavy atom. The van der Waals surface area contributed by atoms with Gasteiger partial charge in [0.1, 0.15) is 0 Å². The number of imide groups is 1. The van der Waals surface area contributed by atoms with E-state index in [-0.39, 0.29) is 25.1 Å². The van der Waals surface area contributed by atoms with Crippen LogP contribution >= 0.6 is 0 Å². The van der Waals surface area contributed by atoms with Gasteiger partial charge < -0.3 is 15.2 Å². The van der Waals surface area contributed by atoms with Gasteiger partial charge in [-0.25, -0.2) is 4.79 Å². The number of carboxylic acid groups (broad SMARTS) is 1. The number of carbonyl (C=O) groups excluding carboxylic acids is 2. The average Bonchev–Trinajstić information content (AvgIpc) is 2.96. The van der Waals surface area contributed by atoms with Crippen molar-refractivity contribution < 1.29 is 24.2 Å². The molecule has 0 aliphatic heterocycles. The van der Waals surface area contributed by atoms with E-state index in [2.05, 4.69) is 15.4 Å². The number of ether oxygens (including phenoxy) is 1. The molecule has 112 valence electrons. The minimum Gasteiger partial charge on any atom is -0.481 e. The summed E-state index contributed by atoms with van der Waals surface area (Å²) in [4.78, 5) is 33.9. The Balaban J connectivity index is 1.82. The van der Waals surface area contributed by atoms with Gasteiger partial charge in [-0.05, 0) is 38.0 Å². The van der Waals surface area contributed by atoms with Crippen molar-refractivity contribution in [2.75, 3.05) is 13.2 Å². The summed E-state index contributed by atoms with van der Waals surface area (Å²) in [5.74, 6) is -1.21. The number of fused-ring (bicyclic) bond motifs is 2. The molecular formula is C13H20N2O5. The molecule has 7 heteroatoms. The monoisotopic (exact) mass is 284 g/mol. The van der Waals surface area contributed by atoms with E-state index in [4.69, 9.17) is 0 Å². The van der Waals surface area contributed by atoms with Crippen LogP contribution in [0.3, 0.4) is 0 Å². The minimum atomic E-state index is -0.805. The lowest BCUT2D eigenvalue weighted by Crippen LogP contribution is -2.48. The SMILES string of the molecule is CCOC(=O)NC(=O)CNC1C2CCC(C2)C1C(=O)O. The van der Waals surface area contributed by atoms with Crippen LogP contribution in [0.15, 0.2) is 0 Å². The normalized spacial score (nSPS) is 31.1. The summed E-state index contributed by atoms with van der Waals surface area (Å²) < 4.78 is 4.60. The number of hydrogen-bond donors (Lipinski definition) is 3. The van der Waals surface area contributed by atoms with E-state index in [1.165, 1.54) is 0 Å². The predicted octanol–water partition coefficient (Wildman–Crippen LogP) is 0.348. The highest BCUT2D eigenvalue weighted by Gasteiger charge is 2.50. The Morgan fingerprint density at radius 2 is 1.95 bits per heavy atom. The molecule has 20 heavy (non-hydrogen) atoms. The van der Waals surface area contributed by atoms with Crippen LogP contribution in [-0.2, 0) is 14.3 Å². The molecule has 0 saturated heterocycles. The van der Waals surface area contributed by atoms with Gasteiger partial charge in [0.2, 0.25) is 5.91 Å². The molecule has 2 aliphatic carbocycles. The zero-order chi connectivity index (χ0) is 14.7. The fraction of sp³-hybridized carbons (Fsp3) is 0.769. The number of alkyl carbamates (subject to hydrolysis) is 1. The van der Waals surface area contributed by atoms with Crippen molar-refractivity contribution in [1.82, 2.24) is 10.6 Å². The van der Waals surface area contributed by atoms with Gasteiger partial charge >= 0.3 is 12.1 Å². The van der Waals surface area contributed by atoms with Crippen LogP contribution in [-0.4, -0.2) is 42.3 Å². The van der Waals surface area contributed by atoms with Gasteiger partial charge in [0, 0.05) is 6.04 Å². The fourth-order valence-electron chi connectivity index (χ4n) is 3.48. The second-order valence-corrected chi connectivity index (χ2v) is 5.37. The molecule has 2 aliphatic rings. The van der Waals surface area contributed by atoms with Gasteiger partial charge in [0.05, 0.1) is 19.1 Å². The number of rotatable bonds is 5. The van der Waals surface area contributed by atoms with E-state index < -0.39 is 23.9 Å². The van der Waals surface area contributed by atoms with Crippen LogP contribution in [0.25, 0.3) is 0 Å². The summed E-state index contributed by atoms with van der Waals surface area (Å²) >= 11 is 0. The number of carbonyl (C=O) groups is 3. The quantitative estimate of drug-likeness (QED) is 0.673. The highest BCUT2D eigenvalue weighted by molar-refractivity contribution is 5.92. The summed E-state index contributed by atoms with van der Waals surface area (Å²) in [7, 11) is 0. The van der Waals surface area contributed by atoms with E-state index >= 15 is 0 Å². The molecule has 0 radical (unpaired) electrons. The molecule has 2 fully saturated rings. The first kappa shape index (κ1) is 14.8. The molecule has 0 spiro atoms. The van der Waals surface area contributed by atoms with Crippen molar-refractivity contribution >= 4 is 18.0 Å².